The van der Waals surface area contributed by atoms with E-state index in [2.05, 4.69) is 55.6 Å². The van der Waals surface area contributed by atoms with E-state index in [4.69, 9.17) is 0 Å². The lowest BCUT2D eigenvalue weighted by Gasteiger charge is -2.21. The molecule has 5 heteroatoms. The standard InChI is InChI=1S/C61H115NO4/c1-3-5-7-9-11-13-15-17-19-21-22-23-24-25-26-27-28-29-30-31-32-33-34-35-36-37-38-39-40-42-44-46-48-50-52-54-56-60(65)61(66)62-58(57-63)59(64)55-53-51-49-47-45-43-41-20-18-16-14-12-10-8-6-4-2/h26-27,29-30,45,47,53,55,58-60,63-65H,3-25,28,31-44,46,48-52,54,56-57H2,1-2H3,(H,62,66)/b27-26-,30-29-,47-45+,55-53+. The van der Waals surface area contributed by atoms with E-state index in [9.17, 15) is 20.1 Å². The van der Waals surface area contributed by atoms with Gasteiger partial charge in [-0.05, 0) is 64.2 Å². The van der Waals surface area contributed by atoms with Crippen molar-refractivity contribution in [2.24, 2.45) is 0 Å². The highest BCUT2D eigenvalue weighted by atomic mass is 16.3. The van der Waals surface area contributed by atoms with Crippen molar-refractivity contribution >= 4 is 5.91 Å². The van der Waals surface area contributed by atoms with E-state index in [-0.39, 0.29) is 6.61 Å². The van der Waals surface area contributed by atoms with Crippen LogP contribution in [0.1, 0.15) is 309 Å². The number of aliphatic hydroxyl groups is 3. The fourth-order valence-electron chi connectivity index (χ4n) is 9.06. The molecule has 0 heterocycles. The Kier molecular flexibility index (Phi) is 54.5. The highest BCUT2D eigenvalue weighted by Crippen LogP contribution is 2.17. The van der Waals surface area contributed by atoms with Crippen LogP contribution in [0.3, 0.4) is 0 Å². The Morgan fingerprint density at radius 1 is 0.379 bits per heavy atom. The highest BCUT2D eigenvalue weighted by molar-refractivity contribution is 5.80. The molecule has 3 atom stereocenters. The first-order valence-corrected chi connectivity index (χ1v) is 29.5. The molecule has 0 aliphatic carbocycles. The highest BCUT2D eigenvalue weighted by Gasteiger charge is 2.22. The molecule has 388 valence electrons. The fraction of sp³-hybridized carbons (Fsp3) is 0.852. The zero-order chi connectivity index (χ0) is 47.9. The lowest BCUT2D eigenvalue weighted by molar-refractivity contribution is -0.131. The van der Waals surface area contributed by atoms with E-state index in [1.807, 2.05) is 6.08 Å². The van der Waals surface area contributed by atoms with Gasteiger partial charge in [0.15, 0.2) is 0 Å². The van der Waals surface area contributed by atoms with Crippen LogP contribution in [-0.2, 0) is 4.79 Å². The van der Waals surface area contributed by atoms with Crippen molar-refractivity contribution in [3.8, 4) is 0 Å². The molecule has 0 fully saturated rings. The smallest absolute Gasteiger partial charge is 0.249 e. The molecule has 0 bridgehead atoms. The Morgan fingerprint density at radius 3 is 1.02 bits per heavy atom. The van der Waals surface area contributed by atoms with E-state index in [1.165, 1.54) is 244 Å². The van der Waals surface area contributed by atoms with Crippen molar-refractivity contribution < 1.29 is 20.1 Å². The van der Waals surface area contributed by atoms with E-state index >= 15 is 0 Å². The van der Waals surface area contributed by atoms with Crippen LogP contribution in [0.25, 0.3) is 0 Å². The summed E-state index contributed by atoms with van der Waals surface area (Å²) < 4.78 is 0. The molecule has 5 nitrogen and oxygen atoms in total. The lowest BCUT2D eigenvalue weighted by atomic mass is 10.0. The Hall–Kier alpha value is -1.69. The molecule has 1 amide bonds. The third-order valence-electron chi connectivity index (χ3n) is 13.6. The van der Waals surface area contributed by atoms with E-state index in [1.54, 1.807) is 6.08 Å². The summed E-state index contributed by atoms with van der Waals surface area (Å²) in [6.07, 6.45) is 75.0. The molecule has 0 aliphatic heterocycles. The van der Waals surface area contributed by atoms with Gasteiger partial charge >= 0.3 is 0 Å². The quantitative estimate of drug-likeness (QED) is 0.0361. The van der Waals surface area contributed by atoms with Crippen LogP contribution in [0.2, 0.25) is 0 Å². The summed E-state index contributed by atoms with van der Waals surface area (Å²) in [6.45, 7) is 4.19. The number of amides is 1. The maximum absolute atomic E-state index is 12.5. The van der Waals surface area contributed by atoms with Gasteiger partial charge in [0, 0.05) is 0 Å². The Labute approximate surface area is 412 Å². The summed E-state index contributed by atoms with van der Waals surface area (Å²) in [5, 5.41) is 33.3. The van der Waals surface area contributed by atoms with Crippen molar-refractivity contribution in [2.45, 2.75) is 327 Å². The van der Waals surface area contributed by atoms with Crippen molar-refractivity contribution in [1.82, 2.24) is 5.32 Å². The monoisotopic (exact) mass is 926 g/mol. The molecule has 0 aromatic carbocycles. The minimum Gasteiger partial charge on any atom is -0.394 e. The van der Waals surface area contributed by atoms with Crippen molar-refractivity contribution in [3.63, 3.8) is 0 Å². The maximum Gasteiger partial charge on any atom is 0.249 e. The van der Waals surface area contributed by atoms with Crippen LogP contribution in [0.15, 0.2) is 48.6 Å². The second-order valence-corrected chi connectivity index (χ2v) is 20.2. The van der Waals surface area contributed by atoms with Crippen LogP contribution in [0.4, 0.5) is 0 Å². The van der Waals surface area contributed by atoms with Crippen LogP contribution < -0.4 is 5.32 Å². The third-order valence-corrected chi connectivity index (χ3v) is 13.6. The number of aliphatic hydroxyl groups excluding tert-OH is 3. The first-order chi connectivity index (χ1) is 32.6. The number of hydrogen-bond acceptors (Lipinski definition) is 4. The number of carbonyl (C=O) groups excluding carboxylic acids is 1. The maximum atomic E-state index is 12.5. The molecular formula is C61H115NO4. The van der Waals surface area contributed by atoms with E-state index < -0.39 is 24.2 Å². The zero-order valence-corrected chi connectivity index (χ0v) is 44.3. The molecule has 66 heavy (non-hydrogen) atoms. The van der Waals surface area contributed by atoms with Crippen LogP contribution in [0, 0.1) is 0 Å². The molecule has 0 aliphatic rings. The second-order valence-electron chi connectivity index (χ2n) is 20.2. The molecule has 0 radical (unpaired) electrons. The van der Waals surface area contributed by atoms with Gasteiger partial charge in [-0.3, -0.25) is 4.79 Å². The van der Waals surface area contributed by atoms with Crippen molar-refractivity contribution in [2.75, 3.05) is 6.61 Å². The van der Waals surface area contributed by atoms with Crippen molar-refractivity contribution in [1.29, 1.82) is 0 Å². The molecule has 4 N–H and O–H groups in total. The molecule has 0 aromatic heterocycles. The molecule has 0 saturated heterocycles. The second kappa shape index (κ2) is 55.9. The van der Waals surface area contributed by atoms with Crippen LogP contribution >= 0.6 is 0 Å². The first-order valence-electron chi connectivity index (χ1n) is 29.5. The van der Waals surface area contributed by atoms with Gasteiger partial charge in [-0.15, -0.1) is 0 Å². The van der Waals surface area contributed by atoms with Gasteiger partial charge in [0.2, 0.25) is 5.91 Å². The summed E-state index contributed by atoms with van der Waals surface area (Å²) in [7, 11) is 0. The summed E-state index contributed by atoms with van der Waals surface area (Å²) in [5.41, 5.74) is 0. The molecule has 0 rings (SSSR count). The number of rotatable bonds is 54. The van der Waals surface area contributed by atoms with Gasteiger partial charge in [0.25, 0.3) is 0 Å². The Bertz CT molecular complexity index is 1070. The van der Waals surface area contributed by atoms with Crippen molar-refractivity contribution in [3.05, 3.63) is 48.6 Å². The molecule has 0 saturated carbocycles. The largest absolute Gasteiger partial charge is 0.394 e. The number of nitrogens with one attached hydrogen (secondary N) is 1. The number of hydrogen-bond donors (Lipinski definition) is 4. The average Bonchev–Trinajstić information content (AvgIpc) is 3.32. The van der Waals surface area contributed by atoms with Gasteiger partial charge in [-0.2, -0.15) is 0 Å². The van der Waals surface area contributed by atoms with Gasteiger partial charge in [-0.25, -0.2) is 0 Å². The predicted octanol–water partition coefficient (Wildman–Crippen LogP) is 18.4. The number of unbranched alkanes of at least 4 members (excludes halogenated alkanes) is 40. The average molecular weight is 927 g/mol. The van der Waals surface area contributed by atoms with Crippen LogP contribution in [0.5, 0.6) is 0 Å². The summed E-state index contributed by atoms with van der Waals surface area (Å²) in [5.74, 6) is -0.511. The Morgan fingerprint density at radius 2 is 0.667 bits per heavy atom. The lowest BCUT2D eigenvalue weighted by Crippen LogP contribution is -2.48. The van der Waals surface area contributed by atoms with Gasteiger partial charge in [0.1, 0.15) is 6.10 Å². The minimum absolute atomic E-state index is 0.376. The van der Waals surface area contributed by atoms with Gasteiger partial charge in [0.05, 0.1) is 18.8 Å². The van der Waals surface area contributed by atoms with E-state index in [0.29, 0.717) is 6.42 Å². The van der Waals surface area contributed by atoms with Gasteiger partial charge < -0.3 is 20.6 Å². The summed E-state index contributed by atoms with van der Waals surface area (Å²) in [6, 6.07) is -0.815. The molecule has 0 spiro atoms. The van der Waals surface area contributed by atoms with Crippen LogP contribution in [-0.4, -0.2) is 46.1 Å². The molecular weight excluding hydrogens is 811 g/mol. The van der Waals surface area contributed by atoms with E-state index in [0.717, 1.165) is 44.9 Å². The van der Waals surface area contributed by atoms with Gasteiger partial charge in [-0.1, -0.05) is 294 Å². The zero-order valence-electron chi connectivity index (χ0n) is 44.3. The minimum atomic E-state index is -1.11. The topological polar surface area (TPSA) is 89.8 Å². The molecule has 3 unspecified atom stereocenters. The third kappa shape index (κ3) is 50.2. The molecule has 0 aromatic rings. The summed E-state index contributed by atoms with van der Waals surface area (Å²) in [4.78, 5) is 12.5. The fourth-order valence-corrected chi connectivity index (χ4v) is 9.06. The summed E-state index contributed by atoms with van der Waals surface area (Å²) >= 11 is 0. The predicted molar refractivity (Wildman–Crippen MR) is 291 cm³/mol. The first kappa shape index (κ1) is 64.3. The number of allylic oxidation sites excluding steroid dienone is 7. The SMILES string of the molecule is CCCCCCCCCCCC/C=C/CC/C=C/C(O)C(CO)NC(=O)C(O)CCCCCCCCCCCCCCCCCC/C=C\C/C=C\CCCCCCCCCCCCCCC. The number of carbonyl (C=O) groups is 1. The normalized spacial score (nSPS) is 13.6. The Balaban J connectivity index is 3.53.